The lowest BCUT2D eigenvalue weighted by molar-refractivity contribution is 0.0672. The average molecular weight is 440 g/mol. The molecule has 5 rings (SSSR count). The molecule has 0 bridgehead atoms. The maximum Gasteiger partial charge on any atom is 0.254 e. The quantitative estimate of drug-likeness (QED) is 0.615. The zero-order valence-electron chi connectivity index (χ0n) is 17.9. The van der Waals surface area contributed by atoms with Gasteiger partial charge in [-0.2, -0.15) is 5.10 Å². The molecule has 5 nitrogen and oxygen atoms in total. The largest absolute Gasteiger partial charge is 0.330 e. The fourth-order valence-corrected chi connectivity index (χ4v) is 4.94. The first-order chi connectivity index (χ1) is 15.4. The van der Waals surface area contributed by atoms with Crippen LogP contribution in [0.5, 0.6) is 0 Å². The van der Waals surface area contributed by atoms with Crippen molar-refractivity contribution in [1.29, 1.82) is 0 Å². The number of rotatable bonds is 2. The van der Waals surface area contributed by atoms with E-state index >= 15 is 0 Å². The van der Waals surface area contributed by atoms with Crippen LogP contribution >= 0.6 is 0 Å². The van der Waals surface area contributed by atoms with Gasteiger partial charge < -0.3 is 10.2 Å². The number of aryl methyl sites for hydroxylation is 1. The smallest absolute Gasteiger partial charge is 0.254 e. The monoisotopic (exact) mass is 440 g/mol. The highest BCUT2D eigenvalue weighted by Gasteiger charge is 2.34. The minimum absolute atomic E-state index is 0.0465. The van der Waals surface area contributed by atoms with Gasteiger partial charge in [0.1, 0.15) is 0 Å². The Balaban J connectivity index is 1.51. The molecule has 2 aliphatic rings. The van der Waals surface area contributed by atoms with Gasteiger partial charge in [-0.3, -0.25) is 9.48 Å². The molecule has 2 aromatic carbocycles. The Morgan fingerprint density at radius 1 is 1.12 bits per heavy atom. The van der Waals surface area contributed by atoms with Crippen molar-refractivity contribution in [1.82, 2.24) is 20.0 Å². The maximum absolute atomic E-state index is 13.9. The summed E-state index contributed by atoms with van der Waals surface area (Å²) in [5, 5.41) is 7.91. The molecular formula is C24H23F3N4O. The van der Waals surface area contributed by atoms with Crippen LogP contribution in [0.3, 0.4) is 0 Å². The van der Waals surface area contributed by atoms with Gasteiger partial charge in [-0.15, -0.1) is 0 Å². The first-order valence-electron chi connectivity index (χ1n) is 10.7. The summed E-state index contributed by atoms with van der Waals surface area (Å²) in [6.45, 7) is 3.93. The lowest BCUT2D eigenvalue weighted by Gasteiger charge is -2.34. The van der Waals surface area contributed by atoms with E-state index < -0.39 is 17.5 Å². The van der Waals surface area contributed by atoms with Gasteiger partial charge in [0.25, 0.3) is 5.91 Å². The summed E-state index contributed by atoms with van der Waals surface area (Å²) >= 11 is 0. The molecule has 1 amide bonds. The summed E-state index contributed by atoms with van der Waals surface area (Å²) in [5.74, 6) is -4.01. The van der Waals surface area contributed by atoms with Gasteiger partial charge in [-0.1, -0.05) is 12.1 Å². The van der Waals surface area contributed by atoms with E-state index in [4.69, 9.17) is 0 Å². The van der Waals surface area contributed by atoms with Crippen LogP contribution in [0.4, 0.5) is 13.2 Å². The Bertz CT molecular complexity index is 1210. The number of benzene rings is 2. The van der Waals surface area contributed by atoms with Crippen LogP contribution in [0.15, 0.2) is 30.3 Å². The van der Waals surface area contributed by atoms with Crippen molar-refractivity contribution < 1.29 is 18.0 Å². The highest BCUT2D eigenvalue weighted by atomic mass is 19.2. The first kappa shape index (κ1) is 20.8. The second-order valence-electron chi connectivity index (χ2n) is 8.38. The molecule has 0 spiro atoms. The number of hydrogen-bond donors (Lipinski definition) is 1. The molecule has 0 fully saturated rings. The molecule has 1 aromatic heterocycles. The molecule has 32 heavy (non-hydrogen) atoms. The molecule has 0 radical (unpaired) electrons. The maximum atomic E-state index is 13.9. The van der Waals surface area contributed by atoms with Gasteiger partial charge in [-0.05, 0) is 55.6 Å². The standard InChI is InChI=1S/C24H23F3N4O/c1-13-22-17(23(30(2)29-22)15-10-19(25)21(27)20(26)11-15)7-9-31(13)24(32)16-5-3-4-14-6-8-28-12-18(14)16/h3-5,10-11,13,28H,6-9,12H2,1-2H3/t13-/m0/s1. The normalized spacial score (nSPS) is 17.8. The van der Waals surface area contributed by atoms with Crippen molar-refractivity contribution in [2.75, 3.05) is 13.1 Å². The number of halogens is 3. The van der Waals surface area contributed by atoms with Crippen LogP contribution < -0.4 is 5.32 Å². The number of aromatic nitrogens is 2. The molecule has 3 aromatic rings. The van der Waals surface area contributed by atoms with Crippen molar-refractivity contribution in [2.45, 2.75) is 32.4 Å². The first-order valence-corrected chi connectivity index (χ1v) is 10.7. The topological polar surface area (TPSA) is 50.2 Å². The van der Waals surface area contributed by atoms with Crippen LogP contribution in [0.2, 0.25) is 0 Å². The van der Waals surface area contributed by atoms with Gasteiger partial charge in [0.15, 0.2) is 17.5 Å². The van der Waals surface area contributed by atoms with Gasteiger partial charge in [0.2, 0.25) is 0 Å². The number of nitrogens with one attached hydrogen (secondary N) is 1. The van der Waals surface area contributed by atoms with Crippen molar-refractivity contribution in [3.05, 3.63) is 75.7 Å². The zero-order valence-corrected chi connectivity index (χ0v) is 17.9. The van der Waals surface area contributed by atoms with Crippen molar-refractivity contribution >= 4 is 5.91 Å². The molecule has 0 aliphatic carbocycles. The van der Waals surface area contributed by atoms with E-state index in [-0.39, 0.29) is 17.5 Å². The molecule has 2 aliphatic heterocycles. The fourth-order valence-electron chi connectivity index (χ4n) is 4.94. The van der Waals surface area contributed by atoms with E-state index in [1.165, 1.54) is 5.56 Å². The number of nitrogens with zero attached hydrogens (tertiary/aromatic N) is 3. The second kappa shape index (κ2) is 7.78. The van der Waals surface area contributed by atoms with Gasteiger partial charge in [0.05, 0.1) is 17.4 Å². The summed E-state index contributed by atoms with van der Waals surface area (Å²) in [5.41, 5.74) is 5.22. The predicted octanol–water partition coefficient (Wildman–Crippen LogP) is 3.91. The van der Waals surface area contributed by atoms with Crippen LogP contribution in [0.25, 0.3) is 11.3 Å². The van der Waals surface area contributed by atoms with E-state index in [2.05, 4.69) is 16.5 Å². The summed E-state index contributed by atoms with van der Waals surface area (Å²) in [6, 6.07) is 7.52. The SMILES string of the molecule is C[C@H]1c2nn(C)c(-c3cc(F)c(F)c(F)c3)c2CCN1C(=O)c1cccc2c1CNCC2. The van der Waals surface area contributed by atoms with E-state index in [1.54, 1.807) is 16.6 Å². The van der Waals surface area contributed by atoms with Crippen molar-refractivity contribution in [3.8, 4) is 11.3 Å². The molecule has 166 valence electrons. The van der Waals surface area contributed by atoms with Gasteiger partial charge in [-0.25, -0.2) is 13.2 Å². The van der Waals surface area contributed by atoms with Crippen LogP contribution in [0, 0.1) is 17.5 Å². The third kappa shape index (κ3) is 3.21. The highest BCUT2D eigenvalue weighted by molar-refractivity contribution is 5.96. The molecule has 3 heterocycles. The number of carbonyl (C=O) groups is 1. The average Bonchev–Trinajstić information content (AvgIpc) is 3.13. The van der Waals surface area contributed by atoms with Gasteiger partial charge in [0, 0.05) is 36.8 Å². The van der Waals surface area contributed by atoms with Crippen LogP contribution in [-0.4, -0.2) is 33.7 Å². The van der Waals surface area contributed by atoms with E-state index in [1.807, 2.05) is 19.1 Å². The Morgan fingerprint density at radius 3 is 2.62 bits per heavy atom. The van der Waals surface area contributed by atoms with Crippen LogP contribution in [0.1, 0.15) is 45.7 Å². The lowest BCUT2D eigenvalue weighted by atomic mass is 9.92. The third-order valence-electron chi connectivity index (χ3n) is 6.54. The molecular weight excluding hydrogens is 417 g/mol. The molecule has 0 saturated carbocycles. The molecule has 1 N–H and O–H groups in total. The Morgan fingerprint density at radius 2 is 1.88 bits per heavy atom. The summed E-state index contributed by atoms with van der Waals surface area (Å²) in [4.78, 5) is 15.3. The molecule has 8 heteroatoms. The second-order valence-corrected chi connectivity index (χ2v) is 8.38. The van der Waals surface area contributed by atoms with E-state index in [0.29, 0.717) is 36.5 Å². The molecule has 0 unspecified atom stereocenters. The zero-order chi connectivity index (χ0) is 22.6. The number of hydrogen-bond acceptors (Lipinski definition) is 3. The minimum Gasteiger partial charge on any atom is -0.330 e. The minimum atomic E-state index is -1.49. The number of carbonyl (C=O) groups excluding carboxylic acids is 1. The summed E-state index contributed by atoms with van der Waals surface area (Å²) < 4.78 is 42.7. The lowest BCUT2D eigenvalue weighted by Crippen LogP contribution is -2.40. The third-order valence-corrected chi connectivity index (χ3v) is 6.54. The fraction of sp³-hybridized carbons (Fsp3) is 0.333. The summed E-state index contributed by atoms with van der Waals surface area (Å²) in [6.07, 6.45) is 1.38. The molecule has 1 atom stereocenters. The Hall–Kier alpha value is -3.13. The van der Waals surface area contributed by atoms with E-state index in [0.717, 1.165) is 36.2 Å². The number of amides is 1. The van der Waals surface area contributed by atoms with Gasteiger partial charge >= 0.3 is 0 Å². The Kier molecular flexibility index (Phi) is 5.04. The van der Waals surface area contributed by atoms with Crippen molar-refractivity contribution in [3.63, 3.8) is 0 Å². The number of fused-ring (bicyclic) bond motifs is 2. The highest BCUT2D eigenvalue weighted by Crippen LogP contribution is 2.37. The Labute approximate surface area is 183 Å². The van der Waals surface area contributed by atoms with E-state index in [9.17, 15) is 18.0 Å². The summed E-state index contributed by atoms with van der Waals surface area (Å²) in [7, 11) is 1.69. The predicted molar refractivity (Wildman–Crippen MR) is 114 cm³/mol. The van der Waals surface area contributed by atoms with Crippen molar-refractivity contribution in [2.24, 2.45) is 7.05 Å². The molecule has 0 saturated heterocycles. The van der Waals surface area contributed by atoms with Crippen LogP contribution in [-0.2, 0) is 26.4 Å².